The molecule has 1 aromatic heterocycles. The largest absolute Gasteiger partial charge is 0.391 e. The van der Waals surface area contributed by atoms with E-state index >= 15 is 0 Å². The van der Waals surface area contributed by atoms with Crippen LogP contribution in [0.4, 0.5) is 19.0 Å². The number of hydrogen-bond donors (Lipinski definition) is 2. The Hall–Kier alpha value is -1.53. The molecule has 1 aliphatic carbocycles. The van der Waals surface area contributed by atoms with E-state index in [4.69, 9.17) is 0 Å². The van der Waals surface area contributed by atoms with Gasteiger partial charge in [-0.1, -0.05) is 0 Å². The van der Waals surface area contributed by atoms with Crippen LogP contribution in [0.1, 0.15) is 25.7 Å². The number of nitrogens with zero attached hydrogens (tertiary/aromatic N) is 1. The van der Waals surface area contributed by atoms with Gasteiger partial charge >= 0.3 is 6.18 Å². The molecule has 18 heavy (non-hydrogen) atoms. The zero-order valence-corrected chi connectivity index (χ0v) is 9.63. The number of nitrogens with one attached hydrogen (secondary N) is 2. The highest BCUT2D eigenvalue weighted by atomic mass is 19.4. The molecule has 0 spiro atoms. The Bertz CT molecular complexity index is 394. The van der Waals surface area contributed by atoms with Gasteiger partial charge in [0.15, 0.2) is 0 Å². The molecule has 1 amide bonds. The van der Waals surface area contributed by atoms with Crippen molar-refractivity contribution in [3.63, 3.8) is 0 Å². The van der Waals surface area contributed by atoms with E-state index in [0.29, 0.717) is 5.82 Å². The fraction of sp³-hybridized carbons (Fsp3) is 0.636. The topological polar surface area (TPSA) is 57.8 Å². The molecule has 0 atom stereocenters. The van der Waals surface area contributed by atoms with E-state index in [9.17, 15) is 18.0 Å². The summed E-state index contributed by atoms with van der Waals surface area (Å²) in [5.74, 6) is -1.36. The van der Waals surface area contributed by atoms with Crippen LogP contribution in [-0.4, -0.2) is 22.3 Å². The molecule has 7 heteroatoms. The highest BCUT2D eigenvalue weighted by Crippen LogP contribution is 2.39. The highest BCUT2D eigenvalue weighted by molar-refractivity contribution is 5.91. The number of H-pyrrole nitrogens is 1. The van der Waals surface area contributed by atoms with Crippen LogP contribution in [0.2, 0.25) is 0 Å². The predicted octanol–water partition coefficient (Wildman–Crippen LogP) is 2.72. The van der Waals surface area contributed by atoms with Gasteiger partial charge in [0.25, 0.3) is 0 Å². The Balaban J connectivity index is 1.84. The maximum atomic E-state index is 12.5. The Morgan fingerprint density at radius 1 is 1.33 bits per heavy atom. The van der Waals surface area contributed by atoms with Gasteiger partial charge in [-0.05, 0) is 25.7 Å². The molecule has 1 aromatic rings. The van der Waals surface area contributed by atoms with E-state index in [1.807, 2.05) is 0 Å². The van der Waals surface area contributed by atoms with Gasteiger partial charge in [0.2, 0.25) is 5.91 Å². The number of rotatable bonds is 2. The lowest BCUT2D eigenvalue weighted by Crippen LogP contribution is -2.32. The highest BCUT2D eigenvalue weighted by Gasteiger charge is 2.42. The first-order valence-corrected chi connectivity index (χ1v) is 5.84. The minimum absolute atomic E-state index is 0.0323. The number of anilines is 1. The number of carbonyl (C=O) groups excluding carboxylic acids is 1. The van der Waals surface area contributed by atoms with Gasteiger partial charge in [-0.15, -0.1) is 0 Å². The third-order valence-electron chi connectivity index (χ3n) is 3.32. The molecule has 1 fully saturated rings. The second kappa shape index (κ2) is 4.99. The third-order valence-corrected chi connectivity index (χ3v) is 3.32. The molecule has 2 N–H and O–H groups in total. The number of aromatic amines is 1. The second-order valence-electron chi connectivity index (χ2n) is 4.55. The van der Waals surface area contributed by atoms with Crippen LogP contribution in [0.15, 0.2) is 12.3 Å². The lowest BCUT2D eigenvalue weighted by Gasteiger charge is -2.28. The van der Waals surface area contributed by atoms with Gasteiger partial charge in [0.1, 0.15) is 5.82 Å². The summed E-state index contributed by atoms with van der Waals surface area (Å²) < 4.78 is 37.4. The molecule has 2 rings (SSSR count). The van der Waals surface area contributed by atoms with Crippen molar-refractivity contribution in [1.82, 2.24) is 10.2 Å². The number of aromatic nitrogens is 2. The third kappa shape index (κ3) is 3.02. The summed E-state index contributed by atoms with van der Waals surface area (Å²) in [6.45, 7) is 0. The van der Waals surface area contributed by atoms with Crippen molar-refractivity contribution in [1.29, 1.82) is 0 Å². The fourth-order valence-electron chi connectivity index (χ4n) is 2.24. The molecule has 0 unspecified atom stereocenters. The van der Waals surface area contributed by atoms with Crippen molar-refractivity contribution in [2.45, 2.75) is 31.9 Å². The molecule has 1 aliphatic rings. The first-order valence-electron chi connectivity index (χ1n) is 5.84. The standard InChI is InChI=1S/C11H14F3N3O/c12-11(13,14)8-3-1-7(2-4-8)10(18)16-9-5-6-15-17-9/h5-8H,1-4H2,(H2,15,16,17,18). The van der Waals surface area contributed by atoms with E-state index in [1.54, 1.807) is 6.07 Å². The van der Waals surface area contributed by atoms with Crippen LogP contribution in [0.5, 0.6) is 0 Å². The normalized spacial score (nSPS) is 24.8. The molecule has 0 saturated heterocycles. The average molecular weight is 261 g/mol. The smallest absolute Gasteiger partial charge is 0.311 e. The molecule has 0 aromatic carbocycles. The summed E-state index contributed by atoms with van der Waals surface area (Å²) in [6.07, 6.45) is -2.01. The number of hydrogen-bond acceptors (Lipinski definition) is 2. The Labute approximate surface area is 102 Å². The number of alkyl halides is 3. The summed E-state index contributed by atoms with van der Waals surface area (Å²) >= 11 is 0. The zero-order valence-electron chi connectivity index (χ0n) is 9.63. The van der Waals surface area contributed by atoms with Crippen LogP contribution in [-0.2, 0) is 4.79 Å². The lowest BCUT2D eigenvalue weighted by molar-refractivity contribution is -0.184. The van der Waals surface area contributed by atoms with Crippen molar-refractivity contribution >= 4 is 11.7 Å². The van der Waals surface area contributed by atoms with Crippen molar-refractivity contribution < 1.29 is 18.0 Å². The predicted molar refractivity (Wildman–Crippen MR) is 58.7 cm³/mol. The van der Waals surface area contributed by atoms with E-state index in [2.05, 4.69) is 15.5 Å². The van der Waals surface area contributed by atoms with Crippen LogP contribution < -0.4 is 5.32 Å². The summed E-state index contributed by atoms with van der Waals surface area (Å²) in [6, 6.07) is 1.60. The van der Waals surface area contributed by atoms with Crippen LogP contribution in [0.25, 0.3) is 0 Å². The summed E-state index contributed by atoms with van der Waals surface area (Å²) in [5.41, 5.74) is 0. The van der Waals surface area contributed by atoms with Crippen LogP contribution in [0, 0.1) is 11.8 Å². The van der Waals surface area contributed by atoms with E-state index in [0.717, 1.165) is 0 Å². The Morgan fingerprint density at radius 2 is 2.00 bits per heavy atom. The second-order valence-corrected chi connectivity index (χ2v) is 4.55. The van der Waals surface area contributed by atoms with Gasteiger partial charge in [-0.3, -0.25) is 9.89 Å². The first-order chi connectivity index (χ1) is 8.47. The number of carbonyl (C=O) groups is 1. The quantitative estimate of drug-likeness (QED) is 0.860. The minimum Gasteiger partial charge on any atom is -0.311 e. The average Bonchev–Trinajstić information content (AvgIpc) is 2.81. The molecule has 0 aliphatic heterocycles. The van der Waals surface area contributed by atoms with Gasteiger partial charge in [-0.2, -0.15) is 18.3 Å². The Morgan fingerprint density at radius 3 is 2.50 bits per heavy atom. The van der Waals surface area contributed by atoms with E-state index < -0.39 is 12.1 Å². The van der Waals surface area contributed by atoms with Crippen LogP contribution >= 0.6 is 0 Å². The van der Waals surface area contributed by atoms with Crippen molar-refractivity contribution in [3.8, 4) is 0 Å². The lowest BCUT2D eigenvalue weighted by atomic mass is 9.81. The molecule has 0 radical (unpaired) electrons. The van der Waals surface area contributed by atoms with E-state index in [-0.39, 0.29) is 37.5 Å². The molecule has 1 saturated carbocycles. The molecule has 1 heterocycles. The van der Waals surface area contributed by atoms with Gasteiger partial charge < -0.3 is 5.32 Å². The Kier molecular flexibility index (Phi) is 3.58. The van der Waals surface area contributed by atoms with Crippen molar-refractivity contribution in [2.75, 3.05) is 5.32 Å². The molecular weight excluding hydrogens is 247 g/mol. The summed E-state index contributed by atoms with van der Waals surface area (Å²) in [5, 5.41) is 8.86. The van der Waals surface area contributed by atoms with E-state index in [1.165, 1.54) is 6.20 Å². The molecule has 4 nitrogen and oxygen atoms in total. The molecule has 100 valence electrons. The van der Waals surface area contributed by atoms with Crippen molar-refractivity contribution in [3.05, 3.63) is 12.3 Å². The summed E-state index contributed by atoms with van der Waals surface area (Å²) in [4.78, 5) is 11.8. The maximum absolute atomic E-state index is 12.5. The van der Waals surface area contributed by atoms with Crippen LogP contribution in [0.3, 0.4) is 0 Å². The molecule has 0 bridgehead atoms. The SMILES string of the molecule is O=C(Nc1ccn[nH]1)C1CCC(C(F)(F)F)CC1. The number of halogens is 3. The van der Waals surface area contributed by atoms with Gasteiger partial charge in [0.05, 0.1) is 12.1 Å². The van der Waals surface area contributed by atoms with Gasteiger partial charge in [0, 0.05) is 12.0 Å². The summed E-state index contributed by atoms with van der Waals surface area (Å²) in [7, 11) is 0. The number of amides is 1. The van der Waals surface area contributed by atoms with Gasteiger partial charge in [-0.25, -0.2) is 0 Å². The monoisotopic (exact) mass is 261 g/mol. The van der Waals surface area contributed by atoms with Crippen molar-refractivity contribution in [2.24, 2.45) is 11.8 Å². The fourth-order valence-corrected chi connectivity index (χ4v) is 2.24. The first kappa shape index (κ1) is 12.9. The molecular formula is C11H14F3N3O. The zero-order chi connectivity index (χ0) is 13.2. The minimum atomic E-state index is -4.13. The maximum Gasteiger partial charge on any atom is 0.391 e.